The lowest BCUT2D eigenvalue weighted by molar-refractivity contribution is 0.555. The van der Waals surface area contributed by atoms with Gasteiger partial charge in [-0.05, 0) is 30.0 Å². The highest BCUT2D eigenvalue weighted by Crippen LogP contribution is 2.22. The highest BCUT2D eigenvalue weighted by molar-refractivity contribution is 7.17. The Hall–Kier alpha value is -1.79. The maximum Gasteiger partial charge on any atom is 0.164 e. The van der Waals surface area contributed by atoms with Crippen LogP contribution in [-0.2, 0) is 13.6 Å². The fourth-order valence-electron chi connectivity index (χ4n) is 1.93. The Labute approximate surface area is 115 Å². The normalized spacial score (nSPS) is 12.9. The Kier molecular flexibility index (Phi) is 3.27. The zero-order chi connectivity index (χ0) is 13.2. The molecule has 0 aromatic carbocycles. The number of fused-ring (bicyclic) bond motifs is 1. The molecule has 0 amide bonds. The van der Waals surface area contributed by atoms with Gasteiger partial charge in [-0.15, -0.1) is 11.3 Å². The summed E-state index contributed by atoms with van der Waals surface area (Å²) in [5.41, 5.74) is 2.25. The van der Waals surface area contributed by atoms with E-state index in [4.69, 9.17) is 0 Å². The predicted molar refractivity (Wildman–Crippen MR) is 75.9 cm³/mol. The number of nitrogens with zero attached hydrogens (tertiary/aromatic N) is 4. The molecule has 98 valence electrons. The van der Waals surface area contributed by atoms with E-state index < -0.39 is 0 Å². The maximum atomic E-state index is 4.46. The van der Waals surface area contributed by atoms with Crippen molar-refractivity contribution < 1.29 is 0 Å². The fourth-order valence-corrected chi connectivity index (χ4v) is 2.71. The smallest absolute Gasteiger partial charge is 0.164 e. The van der Waals surface area contributed by atoms with Crippen molar-refractivity contribution in [1.82, 2.24) is 25.1 Å². The third-order valence-electron chi connectivity index (χ3n) is 3.04. The Bertz CT molecular complexity index is 687. The maximum absolute atomic E-state index is 4.46. The van der Waals surface area contributed by atoms with Gasteiger partial charge in [0.05, 0.1) is 16.8 Å². The van der Waals surface area contributed by atoms with Gasteiger partial charge in [-0.1, -0.05) is 0 Å². The SMILES string of the molecule is CC(NCc1ncn(C)n1)c1cnc2ccsc2c1. The number of aryl methyl sites for hydroxylation is 1. The minimum absolute atomic E-state index is 0.225. The van der Waals surface area contributed by atoms with Gasteiger partial charge in [0.25, 0.3) is 0 Å². The molecule has 0 aliphatic carbocycles. The zero-order valence-electron chi connectivity index (χ0n) is 10.9. The van der Waals surface area contributed by atoms with Gasteiger partial charge in [-0.2, -0.15) is 5.10 Å². The lowest BCUT2D eigenvalue weighted by atomic mass is 10.1. The largest absolute Gasteiger partial charge is 0.303 e. The topological polar surface area (TPSA) is 55.6 Å². The third-order valence-corrected chi connectivity index (χ3v) is 3.89. The summed E-state index contributed by atoms with van der Waals surface area (Å²) in [5, 5.41) is 9.73. The van der Waals surface area contributed by atoms with E-state index in [1.807, 2.05) is 19.3 Å². The summed E-state index contributed by atoms with van der Waals surface area (Å²) in [4.78, 5) is 8.66. The molecule has 0 aliphatic rings. The van der Waals surface area contributed by atoms with Crippen molar-refractivity contribution in [3.8, 4) is 0 Å². The molecule has 3 heterocycles. The summed E-state index contributed by atoms with van der Waals surface area (Å²) in [6, 6.07) is 4.46. The minimum Gasteiger partial charge on any atom is -0.303 e. The molecule has 0 saturated heterocycles. The molecule has 19 heavy (non-hydrogen) atoms. The first-order chi connectivity index (χ1) is 9.22. The highest BCUT2D eigenvalue weighted by Gasteiger charge is 2.08. The number of nitrogens with one attached hydrogen (secondary N) is 1. The number of hydrogen-bond donors (Lipinski definition) is 1. The van der Waals surface area contributed by atoms with Crippen LogP contribution in [-0.4, -0.2) is 19.7 Å². The van der Waals surface area contributed by atoms with Crippen molar-refractivity contribution in [3.63, 3.8) is 0 Å². The van der Waals surface area contributed by atoms with Crippen LogP contribution < -0.4 is 5.32 Å². The van der Waals surface area contributed by atoms with Gasteiger partial charge >= 0.3 is 0 Å². The van der Waals surface area contributed by atoms with E-state index in [0.29, 0.717) is 6.54 Å². The Morgan fingerprint density at radius 1 is 1.42 bits per heavy atom. The van der Waals surface area contributed by atoms with E-state index >= 15 is 0 Å². The number of pyridine rings is 1. The Morgan fingerprint density at radius 2 is 2.32 bits per heavy atom. The summed E-state index contributed by atoms with van der Waals surface area (Å²) >= 11 is 1.72. The average molecular weight is 273 g/mol. The van der Waals surface area contributed by atoms with Gasteiger partial charge in [-0.25, -0.2) is 4.98 Å². The van der Waals surface area contributed by atoms with E-state index in [9.17, 15) is 0 Å². The monoisotopic (exact) mass is 273 g/mol. The summed E-state index contributed by atoms with van der Waals surface area (Å²) in [5.74, 6) is 0.805. The predicted octanol–water partition coefficient (Wildman–Crippen LogP) is 2.28. The molecule has 0 spiro atoms. The summed E-state index contributed by atoms with van der Waals surface area (Å²) < 4.78 is 2.93. The molecule has 0 bridgehead atoms. The Morgan fingerprint density at radius 3 is 3.11 bits per heavy atom. The number of hydrogen-bond acceptors (Lipinski definition) is 5. The number of thiophene rings is 1. The third kappa shape index (κ3) is 2.64. The molecule has 1 atom stereocenters. The number of aromatic nitrogens is 4. The molecule has 1 N–H and O–H groups in total. The summed E-state index contributed by atoms with van der Waals surface area (Å²) in [7, 11) is 1.87. The van der Waals surface area contributed by atoms with E-state index in [0.717, 1.165) is 11.3 Å². The minimum atomic E-state index is 0.225. The van der Waals surface area contributed by atoms with E-state index in [1.165, 1.54) is 10.3 Å². The number of rotatable bonds is 4. The highest BCUT2D eigenvalue weighted by atomic mass is 32.1. The second-order valence-electron chi connectivity index (χ2n) is 4.51. The zero-order valence-corrected chi connectivity index (χ0v) is 11.7. The van der Waals surface area contributed by atoms with Gasteiger partial charge in [0.1, 0.15) is 6.33 Å². The Balaban J connectivity index is 1.70. The van der Waals surface area contributed by atoms with Gasteiger partial charge in [0.2, 0.25) is 0 Å². The summed E-state index contributed by atoms with van der Waals surface area (Å²) in [6.07, 6.45) is 3.64. The standard InChI is InChI=1S/C13H15N5S/c1-9(14-7-13-16-8-18(2)17-13)10-5-12-11(15-6-10)3-4-19-12/h3-6,8-9,14H,7H2,1-2H3. The van der Waals surface area contributed by atoms with Crippen LogP contribution in [0.1, 0.15) is 24.4 Å². The molecule has 1 unspecified atom stereocenters. The van der Waals surface area contributed by atoms with Crippen LogP contribution in [0.4, 0.5) is 0 Å². The molecule has 3 aromatic heterocycles. The van der Waals surface area contributed by atoms with E-state index in [-0.39, 0.29) is 6.04 Å². The van der Waals surface area contributed by atoms with Crippen LogP contribution >= 0.6 is 11.3 Å². The molecule has 5 nitrogen and oxygen atoms in total. The second-order valence-corrected chi connectivity index (χ2v) is 5.46. The molecular weight excluding hydrogens is 258 g/mol. The van der Waals surface area contributed by atoms with Gasteiger partial charge in [-0.3, -0.25) is 9.67 Å². The molecule has 6 heteroatoms. The van der Waals surface area contributed by atoms with Crippen LogP contribution in [0, 0.1) is 0 Å². The fraction of sp³-hybridized carbons (Fsp3) is 0.308. The molecule has 0 saturated carbocycles. The van der Waals surface area contributed by atoms with Crippen molar-refractivity contribution in [3.05, 3.63) is 41.4 Å². The first-order valence-corrected chi connectivity index (χ1v) is 7.01. The summed E-state index contributed by atoms with van der Waals surface area (Å²) in [6.45, 7) is 2.78. The molecule has 3 aromatic rings. The van der Waals surface area contributed by atoms with Crippen LogP contribution in [0.2, 0.25) is 0 Å². The van der Waals surface area contributed by atoms with E-state index in [1.54, 1.807) is 22.3 Å². The van der Waals surface area contributed by atoms with Crippen molar-refractivity contribution >= 4 is 21.6 Å². The first kappa shape index (κ1) is 12.3. The van der Waals surface area contributed by atoms with Crippen LogP contribution in [0.5, 0.6) is 0 Å². The van der Waals surface area contributed by atoms with Crippen molar-refractivity contribution in [2.75, 3.05) is 0 Å². The van der Waals surface area contributed by atoms with Crippen molar-refractivity contribution in [2.24, 2.45) is 7.05 Å². The first-order valence-electron chi connectivity index (χ1n) is 6.13. The average Bonchev–Trinajstić information content (AvgIpc) is 3.03. The molecular formula is C13H15N5S. The molecule has 3 rings (SSSR count). The van der Waals surface area contributed by atoms with Crippen LogP contribution in [0.3, 0.4) is 0 Å². The van der Waals surface area contributed by atoms with Crippen LogP contribution in [0.25, 0.3) is 10.2 Å². The van der Waals surface area contributed by atoms with Gasteiger partial charge in [0.15, 0.2) is 5.82 Å². The van der Waals surface area contributed by atoms with E-state index in [2.05, 4.69) is 38.8 Å². The molecule has 0 radical (unpaired) electrons. The molecule has 0 fully saturated rings. The lowest BCUT2D eigenvalue weighted by Gasteiger charge is -2.12. The van der Waals surface area contributed by atoms with Gasteiger partial charge < -0.3 is 5.32 Å². The van der Waals surface area contributed by atoms with Crippen molar-refractivity contribution in [2.45, 2.75) is 19.5 Å². The second kappa shape index (κ2) is 5.07. The van der Waals surface area contributed by atoms with Crippen LogP contribution in [0.15, 0.2) is 30.0 Å². The van der Waals surface area contributed by atoms with Gasteiger partial charge in [0, 0.05) is 19.3 Å². The van der Waals surface area contributed by atoms with Crippen molar-refractivity contribution in [1.29, 1.82) is 0 Å². The lowest BCUT2D eigenvalue weighted by Crippen LogP contribution is -2.19. The quantitative estimate of drug-likeness (QED) is 0.792. The molecule has 0 aliphatic heterocycles.